The van der Waals surface area contributed by atoms with Crippen molar-refractivity contribution < 1.29 is 19.8 Å². The molecule has 0 aliphatic heterocycles. The molecule has 1 aliphatic rings. The second-order valence-electron chi connectivity index (χ2n) is 3.55. The Morgan fingerprint density at radius 1 is 0.714 bits per heavy atom. The van der Waals surface area contributed by atoms with E-state index >= 15 is 0 Å². The van der Waals surface area contributed by atoms with E-state index in [0.717, 1.165) is 0 Å². The van der Waals surface area contributed by atoms with Crippen molar-refractivity contribution in [1.29, 1.82) is 0 Å². The molecule has 1 aliphatic carbocycles. The summed E-state index contributed by atoms with van der Waals surface area (Å²) < 4.78 is 0. The first-order valence-corrected chi connectivity index (χ1v) is 6.93. The first kappa shape index (κ1) is 18.1. The van der Waals surface area contributed by atoms with Crippen LogP contribution in [0.15, 0.2) is 38.3 Å². The average Bonchev–Trinajstić information content (AvgIpc) is 2.46. The number of halogens is 5. The van der Waals surface area contributed by atoms with Crippen molar-refractivity contribution in [2.75, 3.05) is 0 Å². The monoisotopic (exact) mass is 388 g/mol. The van der Waals surface area contributed by atoms with Crippen molar-refractivity contribution in [3.05, 3.63) is 43.4 Å². The maximum absolute atomic E-state index is 11.0. The highest BCUT2D eigenvalue weighted by molar-refractivity contribution is 6.69. The Hall–Kier alpha value is -0.910. The molecule has 1 aromatic rings. The van der Waals surface area contributed by atoms with Gasteiger partial charge in [-0.3, -0.25) is 9.59 Å². The van der Waals surface area contributed by atoms with Crippen LogP contribution in [0.2, 0.25) is 5.02 Å². The molecule has 9 heteroatoms. The van der Waals surface area contributed by atoms with Crippen LogP contribution in [0.4, 0.5) is 0 Å². The van der Waals surface area contributed by atoms with Crippen molar-refractivity contribution in [1.82, 2.24) is 0 Å². The molecule has 0 saturated carbocycles. The molecule has 2 N–H and O–H groups in total. The number of hydrogen-bond acceptors (Lipinski definition) is 4. The van der Waals surface area contributed by atoms with Crippen LogP contribution in [-0.4, -0.2) is 21.8 Å². The predicted molar refractivity (Wildman–Crippen MR) is 82.3 cm³/mol. The van der Waals surface area contributed by atoms with Crippen LogP contribution in [0.25, 0.3) is 0 Å². The fraction of sp³-hybridized carbons (Fsp3) is 0. The second-order valence-corrected chi connectivity index (χ2v) is 5.47. The molecule has 0 fully saturated rings. The highest BCUT2D eigenvalue weighted by Crippen LogP contribution is 2.32. The van der Waals surface area contributed by atoms with E-state index < -0.39 is 31.7 Å². The fourth-order valence-corrected chi connectivity index (χ4v) is 2.08. The van der Waals surface area contributed by atoms with Gasteiger partial charge >= 0.3 is 0 Å². The SMILES string of the molecule is O=C1C(Cl)=C(Cl)C(=O)C(Cl)=C1Cl.Oc1ccc(O)c(Cl)c1. The lowest BCUT2D eigenvalue weighted by Crippen LogP contribution is -2.14. The zero-order chi connectivity index (χ0) is 16.3. The molecular formula is C12H5Cl5O4. The molecule has 21 heavy (non-hydrogen) atoms. The number of carbonyl (C=O) groups is 2. The van der Waals surface area contributed by atoms with Gasteiger partial charge in [-0.25, -0.2) is 0 Å². The lowest BCUT2D eigenvalue weighted by atomic mass is 10.1. The van der Waals surface area contributed by atoms with Crippen LogP contribution in [0.1, 0.15) is 0 Å². The minimum Gasteiger partial charge on any atom is -0.508 e. The third-order valence-corrected chi connectivity index (χ3v) is 4.05. The molecule has 0 bridgehead atoms. The van der Waals surface area contributed by atoms with E-state index in [1.165, 1.54) is 18.2 Å². The molecule has 2 rings (SSSR count). The van der Waals surface area contributed by atoms with Gasteiger partial charge in [-0.15, -0.1) is 0 Å². The summed E-state index contributed by atoms with van der Waals surface area (Å²) in [5, 5.41) is 16.1. The molecule has 0 spiro atoms. The second kappa shape index (κ2) is 7.38. The summed E-state index contributed by atoms with van der Waals surface area (Å²) in [6.07, 6.45) is 0. The topological polar surface area (TPSA) is 74.6 Å². The van der Waals surface area contributed by atoms with Crippen LogP contribution in [-0.2, 0) is 9.59 Å². The minimum absolute atomic E-state index is 0.0190. The number of benzene rings is 1. The van der Waals surface area contributed by atoms with Gasteiger partial charge in [0.25, 0.3) is 0 Å². The van der Waals surface area contributed by atoms with E-state index in [2.05, 4.69) is 0 Å². The van der Waals surface area contributed by atoms with Crippen LogP contribution >= 0.6 is 58.0 Å². The van der Waals surface area contributed by atoms with Gasteiger partial charge in [0, 0.05) is 6.07 Å². The molecule has 0 aromatic heterocycles. The number of phenols is 2. The number of ketones is 2. The molecular weight excluding hydrogens is 385 g/mol. The summed E-state index contributed by atoms with van der Waals surface area (Å²) in [6.45, 7) is 0. The number of aromatic hydroxyl groups is 2. The van der Waals surface area contributed by atoms with Gasteiger partial charge in [-0.1, -0.05) is 58.0 Å². The Labute approximate surface area is 144 Å². The van der Waals surface area contributed by atoms with E-state index in [0.29, 0.717) is 0 Å². The van der Waals surface area contributed by atoms with E-state index in [-0.39, 0.29) is 16.5 Å². The maximum atomic E-state index is 11.0. The normalized spacial score (nSPS) is 15.1. The summed E-state index contributed by atoms with van der Waals surface area (Å²) >= 11 is 26.9. The minimum atomic E-state index is -0.729. The molecule has 0 radical (unpaired) electrons. The summed E-state index contributed by atoms with van der Waals surface area (Å²) in [5.74, 6) is -1.42. The smallest absolute Gasteiger partial charge is 0.219 e. The van der Waals surface area contributed by atoms with Crippen LogP contribution in [0, 0.1) is 0 Å². The quantitative estimate of drug-likeness (QED) is 0.513. The van der Waals surface area contributed by atoms with Gasteiger partial charge in [0.1, 0.15) is 31.6 Å². The largest absolute Gasteiger partial charge is 0.508 e. The van der Waals surface area contributed by atoms with Crippen LogP contribution in [0.3, 0.4) is 0 Å². The highest BCUT2D eigenvalue weighted by Gasteiger charge is 2.31. The summed E-state index contributed by atoms with van der Waals surface area (Å²) in [5.41, 5.74) is 0. The zero-order valence-electron chi connectivity index (χ0n) is 9.83. The maximum Gasteiger partial charge on any atom is 0.219 e. The first-order chi connectivity index (χ1) is 9.66. The predicted octanol–water partition coefficient (Wildman–Crippen LogP) is 4.27. The summed E-state index contributed by atoms with van der Waals surface area (Å²) in [4.78, 5) is 22.0. The fourth-order valence-electron chi connectivity index (χ4n) is 1.09. The highest BCUT2D eigenvalue weighted by atomic mass is 35.5. The number of carbonyl (C=O) groups excluding carboxylic acids is 2. The van der Waals surface area contributed by atoms with Crippen molar-refractivity contribution in [3.63, 3.8) is 0 Å². The van der Waals surface area contributed by atoms with Gasteiger partial charge < -0.3 is 10.2 Å². The number of Topliss-reactive ketones (excluding diaryl/α,β-unsaturated/α-hetero) is 2. The zero-order valence-corrected chi connectivity index (χ0v) is 13.6. The lowest BCUT2D eigenvalue weighted by molar-refractivity contribution is -0.114. The molecule has 112 valence electrons. The Balaban J connectivity index is 0.000000219. The summed E-state index contributed by atoms with van der Waals surface area (Å²) in [7, 11) is 0. The molecule has 0 amide bonds. The Bertz CT molecular complexity index is 616. The van der Waals surface area contributed by atoms with Crippen molar-refractivity contribution in [2.24, 2.45) is 0 Å². The van der Waals surface area contributed by atoms with Gasteiger partial charge in [0.15, 0.2) is 0 Å². The van der Waals surface area contributed by atoms with E-state index in [4.69, 9.17) is 68.2 Å². The summed E-state index contributed by atoms with van der Waals surface area (Å²) in [6, 6.07) is 3.97. The Kier molecular flexibility index (Phi) is 6.38. The molecule has 1 aromatic carbocycles. The standard InChI is InChI=1S/C6Cl4O2.C6H5ClO2/c7-1-2(8)6(12)4(10)3(9)5(1)11;7-5-3-4(8)1-2-6(5)9/h;1-3,8-9H. The molecule has 0 unspecified atom stereocenters. The lowest BCUT2D eigenvalue weighted by Gasteiger charge is -2.08. The first-order valence-electron chi connectivity index (χ1n) is 5.04. The van der Waals surface area contributed by atoms with Gasteiger partial charge in [0.2, 0.25) is 11.6 Å². The average molecular weight is 390 g/mol. The number of hydrogen-bond donors (Lipinski definition) is 2. The molecule has 0 atom stereocenters. The van der Waals surface area contributed by atoms with Crippen molar-refractivity contribution >= 4 is 69.6 Å². The Morgan fingerprint density at radius 3 is 1.38 bits per heavy atom. The molecule has 0 heterocycles. The third-order valence-electron chi connectivity index (χ3n) is 2.11. The van der Waals surface area contributed by atoms with E-state index in [1.54, 1.807) is 0 Å². The van der Waals surface area contributed by atoms with E-state index in [9.17, 15) is 9.59 Å². The molecule has 4 nitrogen and oxygen atoms in total. The molecule has 0 saturated heterocycles. The third kappa shape index (κ3) is 4.28. The van der Waals surface area contributed by atoms with Gasteiger partial charge in [-0.2, -0.15) is 0 Å². The van der Waals surface area contributed by atoms with Crippen LogP contribution in [0.5, 0.6) is 11.5 Å². The van der Waals surface area contributed by atoms with Gasteiger partial charge in [0.05, 0.1) is 5.02 Å². The van der Waals surface area contributed by atoms with Crippen LogP contribution < -0.4 is 0 Å². The van der Waals surface area contributed by atoms with Crippen molar-refractivity contribution in [2.45, 2.75) is 0 Å². The van der Waals surface area contributed by atoms with E-state index in [1.807, 2.05) is 0 Å². The number of rotatable bonds is 0. The number of phenolic OH excluding ortho intramolecular Hbond substituents is 2. The van der Waals surface area contributed by atoms with Crippen molar-refractivity contribution in [3.8, 4) is 11.5 Å². The number of allylic oxidation sites excluding steroid dienone is 4. The Morgan fingerprint density at radius 2 is 1.10 bits per heavy atom. The van der Waals surface area contributed by atoms with Gasteiger partial charge in [-0.05, 0) is 12.1 Å².